The van der Waals surface area contributed by atoms with Crippen LogP contribution >= 0.6 is 0 Å². The molecule has 6 heteroatoms. The molecule has 0 radical (unpaired) electrons. The Kier molecular flexibility index (Phi) is 5.65. The topological polar surface area (TPSA) is 75.3 Å². The quantitative estimate of drug-likeness (QED) is 0.705. The standard InChI is InChI=1S/C24H25N3O3/c1-16-20(24(29)26-23(25-16)17-7-4-3-5-8-17)11-13-22(28)27-14-6-9-18-15-19(30-2)10-12-21(18)27/h3-5,7-8,10,12,15H,6,9,11,13-14H2,1-2H3,(H,25,26,29). The largest absolute Gasteiger partial charge is 0.497 e. The first-order valence-corrected chi connectivity index (χ1v) is 10.2. The van der Waals surface area contributed by atoms with Crippen molar-refractivity contribution in [3.63, 3.8) is 0 Å². The second-order valence-corrected chi connectivity index (χ2v) is 7.49. The molecule has 0 saturated heterocycles. The van der Waals surface area contributed by atoms with E-state index in [-0.39, 0.29) is 17.9 Å². The molecule has 154 valence electrons. The molecule has 0 fully saturated rings. The molecule has 0 bridgehead atoms. The molecule has 3 aromatic rings. The van der Waals surface area contributed by atoms with Gasteiger partial charge in [0.2, 0.25) is 5.91 Å². The highest BCUT2D eigenvalue weighted by atomic mass is 16.5. The smallest absolute Gasteiger partial charge is 0.254 e. The number of nitrogens with one attached hydrogen (secondary N) is 1. The maximum Gasteiger partial charge on any atom is 0.254 e. The van der Waals surface area contributed by atoms with E-state index < -0.39 is 0 Å². The lowest BCUT2D eigenvalue weighted by Gasteiger charge is -2.30. The summed E-state index contributed by atoms with van der Waals surface area (Å²) in [6.45, 7) is 2.52. The molecule has 2 aromatic carbocycles. The number of carbonyl (C=O) groups excluding carboxylic acids is 1. The molecule has 0 aliphatic carbocycles. The van der Waals surface area contributed by atoms with Crippen LogP contribution in [0.5, 0.6) is 5.75 Å². The molecule has 30 heavy (non-hydrogen) atoms. The van der Waals surface area contributed by atoms with Gasteiger partial charge in [0, 0.05) is 35.5 Å². The van der Waals surface area contributed by atoms with Gasteiger partial charge in [-0.25, -0.2) is 4.98 Å². The summed E-state index contributed by atoms with van der Waals surface area (Å²) in [5.74, 6) is 1.37. The van der Waals surface area contributed by atoms with Crippen molar-refractivity contribution in [3.05, 3.63) is 75.7 Å². The number of hydrogen-bond acceptors (Lipinski definition) is 4. The fourth-order valence-corrected chi connectivity index (χ4v) is 3.96. The summed E-state index contributed by atoms with van der Waals surface area (Å²) >= 11 is 0. The van der Waals surface area contributed by atoms with Gasteiger partial charge in [-0.2, -0.15) is 0 Å². The third-order valence-electron chi connectivity index (χ3n) is 5.56. The summed E-state index contributed by atoms with van der Waals surface area (Å²) in [5, 5.41) is 0. The molecule has 1 amide bonds. The van der Waals surface area contributed by atoms with Gasteiger partial charge in [0.05, 0.1) is 7.11 Å². The SMILES string of the molecule is COc1ccc2c(c1)CCCN2C(=O)CCc1c(C)nc(-c2ccccc2)[nH]c1=O. The van der Waals surface area contributed by atoms with Crippen molar-refractivity contribution in [2.24, 2.45) is 0 Å². The Morgan fingerprint density at radius 1 is 1.20 bits per heavy atom. The normalized spacial score (nSPS) is 13.1. The van der Waals surface area contributed by atoms with E-state index in [0.29, 0.717) is 30.0 Å². The van der Waals surface area contributed by atoms with Gasteiger partial charge in [0.15, 0.2) is 0 Å². The molecule has 1 aromatic heterocycles. The predicted octanol–water partition coefficient (Wildman–Crippen LogP) is 3.67. The van der Waals surface area contributed by atoms with Crippen molar-refractivity contribution >= 4 is 11.6 Å². The number of H-pyrrole nitrogens is 1. The third-order valence-corrected chi connectivity index (χ3v) is 5.56. The first kappa shape index (κ1) is 19.9. The zero-order valence-corrected chi connectivity index (χ0v) is 17.3. The number of anilines is 1. The van der Waals surface area contributed by atoms with Crippen LogP contribution in [0.2, 0.25) is 0 Å². The third kappa shape index (κ3) is 3.99. The highest BCUT2D eigenvalue weighted by molar-refractivity contribution is 5.94. The number of aromatic amines is 1. The lowest BCUT2D eigenvalue weighted by Crippen LogP contribution is -2.36. The highest BCUT2D eigenvalue weighted by Crippen LogP contribution is 2.31. The molecule has 0 unspecified atom stereocenters. The average Bonchev–Trinajstić information content (AvgIpc) is 2.78. The Hall–Kier alpha value is -3.41. The summed E-state index contributed by atoms with van der Waals surface area (Å²) in [5.41, 5.74) is 3.97. The number of methoxy groups -OCH3 is 1. The maximum absolute atomic E-state index is 13.0. The highest BCUT2D eigenvalue weighted by Gasteiger charge is 2.23. The Morgan fingerprint density at radius 3 is 2.73 bits per heavy atom. The Bertz CT molecular complexity index is 1120. The molecule has 6 nitrogen and oxygen atoms in total. The van der Waals surface area contributed by atoms with Crippen LogP contribution in [0.25, 0.3) is 11.4 Å². The number of nitrogens with zero attached hydrogens (tertiary/aromatic N) is 2. The molecule has 4 rings (SSSR count). The minimum absolute atomic E-state index is 0.0204. The number of fused-ring (bicyclic) bond motifs is 1. The first-order chi connectivity index (χ1) is 14.6. The molecule has 0 atom stereocenters. The lowest BCUT2D eigenvalue weighted by molar-refractivity contribution is -0.118. The van der Waals surface area contributed by atoms with Crippen molar-refractivity contribution in [2.45, 2.75) is 32.6 Å². The van der Waals surface area contributed by atoms with Crippen LogP contribution in [-0.4, -0.2) is 29.5 Å². The number of hydrogen-bond donors (Lipinski definition) is 1. The van der Waals surface area contributed by atoms with Crippen LogP contribution in [0, 0.1) is 6.92 Å². The minimum Gasteiger partial charge on any atom is -0.497 e. The number of aryl methyl sites for hydroxylation is 2. The molecule has 1 aliphatic heterocycles. The van der Waals surface area contributed by atoms with E-state index in [1.54, 1.807) is 7.11 Å². The van der Waals surface area contributed by atoms with E-state index in [4.69, 9.17) is 4.74 Å². The van der Waals surface area contributed by atoms with Gasteiger partial charge in [-0.05, 0) is 49.9 Å². The second-order valence-electron chi connectivity index (χ2n) is 7.49. The van der Waals surface area contributed by atoms with Crippen molar-refractivity contribution in [3.8, 4) is 17.1 Å². The summed E-state index contributed by atoms with van der Waals surface area (Å²) < 4.78 is 5.30. The van der Waals surface area contributed by atoms with E-state index in [1.165, 1.54) is 0 Å². The monoisotopic (exact) mass is 403 g/mol. The van der Waals surface area contributed by atoms with Crippen LogP contribution < -0.4 is 15.2 Å². The number of ether oxygens (including phenoxy) is 1. The van der Waals surface area contributed by atoms with Crippen molar-refractivity contribution in [1.82, 2.24) is 9.97 Å². The number of aromatic nitrogens is 2. The fraction of sp³-hybridized carbons (Fsp3) is 0.292. The van der Waals surface area contributed by atoms with Gasteiger partial charge < -0.3 is 14.6 Å². The number of benzene rings is 2. The first-order valence-electron chi connectivity index (χ1n) is 10.2. The Labute approximate surface area is 175 Å². The van der Waals surface area contributed by atoms with Crippen LogP contribution in [0.15, 0.2) is 53.3 Å². The number of amides is 1. The second kappa shape index (κ2) is 8.53. The number of rotatable bonds is 5. The van der Waals surface area contributed by atoms with Gasteiger partial charge in [-0.3, -0.25) is 9.59 Å². The molecule has 0 saturated carbocycles. The van der Waals surface area contributed by atoms with Gasteiger partial charge >= 0.3 is 0 Å². The van der Waals surface area contributed by atoms with Gasteiger partial charge in [0.25, 0.3) is 5.56 Å². The van der Waals surface area contributed by atoms with Crippen LogP contribution in [0.1, 0.15) is 29.7 Å². The van der Waals surface area contributed by atoms with E-state index >= 15 is 0 Å². The van der Waals surface area contributed by atoms with E-state index in [9.17, 15) is 9.59 Å². The lowest BCUT2D eigenvalue weighted by atomic mass is 10.0. The maximum atomic E-state index is 13.0. The van der Waals surface area contributed by atoms with E-state index in [0.717, 1.165) is 35.4 Å². The Balaban J connectivity index is 1.51. The van der Waals surface area contributed by atoms with Crippen molar-refractivity contribution in [1.29, 1.82) is 0 Å². The van der Waals surface area contributed by atoms with Crippen molar-refractivity contribution in [2.75, 3.05) is 18.6 Å². The van der Waals surface area contributed by atoms with Gasteiger partial charge in [-0.1, -0.05) is 30.3 Å². The average molecular weight is 403 g/mol. The number of carbonyl (C=O) groups is 1. The molecular weight excluding hydrogens is 378 g/mol. The van der Waals surface area contributed by atoms with Gasteiger partial charge in [-0.15, -0.1) is 0 Å². The minimum atomic E-state index is -0.182. The fourth-order valence-electron chi connectivity index (χ4n) is 3.96. The summed E-state index contributed by atoms with van der Waals surface area (Å²) in [6, 6.07) is 15.4. The van der Waals surface area contributed by atoms with E-state index in [1.807, 2.05) is 60.4 Å². The summed E-state index contributed by atoms with van der Waals surface area (Å²) in [4.78, 5) is 34.9. The van der Waals surface area contributed by atoms with Gasteiger partial charge in [0.1, 0.15) is 11.6 Å². The summed E-state index contributed by atoms with van der Waals surface area (Å²) in [7, 11) is 1.64. The van der Waals surface area contributed by atoms with Crippen LogP contribution in [-0.2, 0) is 17.6 Å². The summed E-state index contributed by atoms with van der Waals surface area (Å²) in [6.07, 6.45) is 2.48. The van der Waals surface area contributed by atoms with Crippen LogP contribution in [0.4, 0.5) is 5.69 Å². The predicted molar refractivity (Wildman–Crippen MR) is 117 cm³/mol. The zero-order chi connectivity index (χ0) is 21.1. The van der Waals surface area contributed by atoms with E-state index in [2.05, 4.69) is 9.97 Å². The molecular formula is C24H25N3O3. The zero-order valence-electron chi connectivity index (χ0n) is 17.3. The molecule has 1 aliphatic rings. The Morgan fingerprint density at radius 2 is 2.00 bits per heavy atom. The van der Waals surface area contributed by atoms with Crippen LogP contribution in [0.3, 0.4) is 0 Å². The molecule has 2 heterocycles. The molecule has 1 N–H and O–H groups in total. The van der Waals surface area contributed by atoms with Crippen molar-refractivity contribution < 1.29 is 9.53 Å². The molecule has 0 spiro atoms.